The number of hydrogen-bond acceptors (Lipinski definition) is 2. The van der Waals surface area contributed by atoms with Crippen LogP contribution in [0.5, 0.6) is 0 Å². The van der Waals surface area contributed by atoms with Crippen LogP contribution in [0.4, 0.5) is 0 Å². The second kappa shape index (κ2) is 11.8. The van der Waals surface area contributed by atoms with Gasteiger partial charge in [-0.1, -0.05) is 97.2 Å². The number of rotatable bonds is 9. The van der Waals surface area contributed by atoms with Gasteiger partial charge in [0.1, 0.15) is 6.04 Å². The SMILES string of the molecule is O=C(NC1CCCC1)[C@H](Cc1ccccc1)N(Cc1ccccc1)C(=O)Cc1cccc(Cl)c1. The summed E-state index contributed by atoms with van der Waals surface area (Å²) in [5.74, 6) is -0.167. The molecule has 0 bridgehead atoms. The molecule has 5 heteroatoms. The summed E-state index contributed by atoms with van der Waals surface area (Å²) in [5.41, 5.74) is 2.86. The third kappa shape index (κ3) is 6.71. The maximum Gasteiger partial charge on any atom is 0.243 e. The Labute approximate surface area is 206 Å². The van der Waals surface area contributed by atoms with Gasteiger partial charge >= 0.3 is 0 Å². The largest absolute Gasteiger partial charge is 0.352 e. The smallest absolute Gasteiger partial charge is 0.243 e. The summed E-state index contributed by atoms with van der Waals surface area (Å²) < 4.78 is 0. The van der Waals surface area contributed by atoms with Crippen LogP contribution in [0.2, 0.25) is 5.02 Å². The van der Waals surface area contributed by atoms with E-state index in [0.29, 0.717) is 18.0 Å². The maximum absolute atomic E-state index is 13.7. The van der Waals surface area contributed by atoms with Crippen LogP contribution in [-0.2, 0) is 29.0 Å². The van der Waals surface area contributed by atoms with Crippen molar-refractivity contribution in [1.29, 1.82) is 0 Å². The molecule has 176 valence electrons. The first kappa shape index (κ1) is 24.0. The zero-order valence-electron chi connectivity index (χ0n) is 19.3. The summed E-state index contributed by atoms with van der Waals surface area (Å²) in [6.45, 7) is 0.371. The summed E-state index contributed by atoms with van der Waals surface area (Å²) in [4.78, 5) is 29.1. The second-order valence-electron chi connectivity index (χ2n) is 9.01. The van der Waals surface area contributed by atoms with Crippen molar-refractivity contribution in [2.45, 2.75) is 57.2 Å². The molecule has 0 aliphatic heterocycles. The van der Waals surface area contributed by atoms with E-state index in [1.54, 1.807) is 11.0 Å². The van der Waals surface area contributed by atoms with Gasteiger partial charge in [-0.25, -0.2) is 0 Å². The van der Waals surface area contributed by atoms with E-state index in [4.69, 9.17) is 11.6 Å². The van der Waals surface area contributed by atoms with Crippen LogP contribution in [0.1, 0.15) is 42.4 Å². The molecule has 3 aromatic rings. The van der Waals surface area contributed by atoms with E-state index in [1.165, 1.54) is 0 Å². The lowest BCUT2D eigenvalue weighted by atomic mass is 10.0. The van der Waals surface area contributed by atoms with Crippen molar-refractivity contribution in [2.24, 2.45) is 0 Å². The number of nitrogens with zero attached hydrogens (tertiary/aromatic N) is 1. The highest BCUT2D eigenvalue weighted by Crippen LogP contribution is 2.21. The van der Waals surface area contributed by atoms with Crippen molar-refractivity contribution in [3.63, 3.8) is 0 Å². The van der Waals surface area contributed by atoms with E-state index >= 15 is 0 Å². The first-order valence-corrected chi connectivity index (χ1v) is 12.4. The summed E-state index contributed by atoms with van der Waals surface area (Å²) in [5, 5.41) is 3.84. The van der Waals surface area contributed by atoms with E-state index in [1.807, 2.05) is 78.9 Å². The molecule has 1 atom stereocenters. The Bertz CT molecular complexity index is 1080. The lowest BCUT2D eigenvalue weighted by Gasteiger charge is -2.32. The standard InChI is InChI=1S/C29H31ClN2O2/c30-25-15-9-14-24(18-25)20-28(33)32(21-23-12-5-2-6-13-23)27(19-22-10-3-1-4-11-22)29(34)31-26-16-7-8-17-26/h1-6,9-15,18,26-27H,7-8,16-17,19-21H2,(H,31,34)/t27-/m0/s1. The fourth-order valence-corrected chi connectivity index (χ4v) is 4.84. The number of benzene rings is 3. The molecule has 0 aromatic heterocycles. The lowest BCUT2D eigenvalue weighted by Crippen LogP contribution is -2.52. The predicted molar refractivity (Wildman–Crippen MR) is 136 cm³/mol. The van der Waals surface area contributed by atoms with Crippen molar-refractivity contribution in [2.75, 3.05) is 0 Å². The fraction of sp³-hybridized carbons (Fsp3) is 0.310. The second-order valence-corrected chi connectivity index (χ2v) is 9.45. The average molecular weight is 475 g/mol. The van der Waals surface area contributed by atoms with Gasteiger partial charge in [0.25, 0.3) is 0 Å². The van der Waals surface area contributed by atoms with Gasteiger partial charge in [0.05, 0.1) is 6.42 Å². The van der Waals surface area contributed by atoms with Crippen molar-refractivity contribution in [3.05, 3.63) is 107 Å². The van der Waals surface area contributed by atoms with Crippen LogP contribution < -0.4 is 5.32 Å². The molecule has 1 aliphatic carbocycles. The molecule has 0 saturated heterocycles. The predicted octanol–water partition coefficient (Wildman–Crippen LogP) is 5.58. The molecule has 1 aliphatic rings. The molecule has 4 rings (SSSR count). The van der Waals surface area contributed by atoms with E-state index in [2.05, 4.69) is 5.32 Å². The zero-order valence-corrected chi connectivity index (χ0v) is 20.1. The molecule has 1 saturated carbocycles. The average Bonchev–Trinajstić information content (AvgIpc) is 3.35. The summed E-state index contributed by atoms with van der Waals surface area (Å²) in [6.07, 6.45) is 4.92. The van der Waals surface area contributed by atoms with Crippen molar-refractivity contribution in [3.8, 4) is 0 Å². The van der Waals surface area contributed by atoms with Crippen LogP contribution in [0, 0.1) is 0 Å². The summed E-state index contributed by atoms with van der Waals surface area (Å²) in [7, 11) is 0. The third-order valence-electron chi connectivity index (χ3n) is 6.41. The van der Waals surface area contributed by atoms with Gasteiger partial charge in [0.2, 0.25) is 11.8 Å². The number of amides is 2. The topological polar surface area (TPSA) is 49.4 Å². The fourth-order valence-electron chi connectivity index (χ4n) is 4.62. The van der Waals surface area contributed by atoms with Gasteiger partial charge in [0, 0.05) is 24.0 Å². The molecule has 34 heavy (non-hydrogen) atoms. The minimum absolute atomic E-state index is 0.0777. The number of hydrogen-bond donors (Lipinski definition) is 1. The van der Waals surface area contributed by atoms with Gasteiger partial charge in [-0.15, -0.1) is 0 Å². The Morgan fingerprint density at radius 3 is 2.12 bits per heavy atom. The first-order chi connectivity index (χ1) is 16.6. The molecule has 4 nitrogen and oxygen atoms in total. The van der Waals surface area contributed by atoms with Crippen LogP contribution >= 0.6 is 11.6 Å². The van der Waals surface area contributed by atoms with E-state index in [9.17, 15) is 9.59 Å². The Morgan fingerprint density at radius 1 is 0.853 bits per heavy atom. The number of carbonyl (C=O) groups is 2. The Morgan fingerprint density at radius 2 is 1.47 bits per heavy atom. The molecule has 0 radical (unpaired) electrons. The van der Waals surface area contributed by atoms with Crippen LogP contribution in [0.25, 0.3) is 0 Å². The zero-order chi connectivity index (χ0) is 23.8. The van der Waals surface area contributed by atoms with Crippen LogP contribution in [0.15, 0.2) is 84.9 Å². The highest BCUT2D eigenvalue weighted by atomic mass is 35.5. The van der Waals surface area contributed by atoms with Crippen molar-refractivity contribution >= 4 is 23.4 Å². The summed E-state index contributed by atoms with van der Waals surface area (Å²) in [6, 6.07) is 26.7. The Hall–Kier alpha value is -3.11. The van der Waals surface area contributed by atoms with Gasteiger partial charge in [-0.2, -0.15) is 0 Å². The van der Waals surface area contributed by atoms with E-state index in [-0.39, 0.29) is 24.3 Å². The normalized spacial score (nSPS) is 14.5. The van der Waals surface area contributed by atoms with Crippen molar-refractivity contribution < 1.29 is 9.59 Å². The molecule has 1 fully saturated rings. The highest BCUT2D eigenvalue weighted by Gasteiger charge is 2.32. The van der Waals surface area contributed by atoms with E-state index < -0.39 is 6.04 Å². The molecular weight excluding hydrogens is 444 g/mol. The molecule has 2 amide bonds. The number of nitrogens with one attached hydrogen (secondary N) is 1. The maximum atomic E-state index is 13.7. The quantitative estimate of drug-likeness (QED) is 0.440. The molecule has 0 heterocycles. The monoisotopic (exact) mass is 474 g/mol. The van der Waals surface area contributed by atoms with Gasteiger partial charge in [-0.3, -0.25) is 9.59 Å². The third-order valence-corrected chi connectivity index (χ3v) is 6.65. The van der Waals surface area contributed by atoms with Gasteiger partial charge < -0.3 is 10.2 Å². The van der Waals surface area contributed by atoms with Crippen molar-refractivity contribution in [1.82, 2.24) is 10.2 Å². The van der Waals surface area contributed by atoms with Crippen LogP contribution in [0.3, 0.4) is 0 Å². The Kier molecular flexibility index (Phi) is 8.37. The number of carbonyl (C=O) groups excluding carboxylic acids is 2. The molecule has 1 N–H and O–H groups in total. The minimum Gasteiger partial charge on any atom is -0.352 e. The highest BCUT2D eigenvalue weighted by molar-refractivity contribution is 6.30. The van der Waals surface area contributed by atoms with Crippen LogP contribution in [-0.4, -0.2) is 28.8 Å². The Balaban J connectivity index is 1.64. The molecule has 0 spiro atoms. The lowest BCUT2D eigenvalue weighted by molar-refractivity contribution is -0.141. The van der Waals surface area contributed by atoms with Gasteiger partial charge in [0.15, 0.2) is 0 Å². The first-order valence-electron chi connectivity index (χ1n) is 12.0. The summed E-state index contributed by atoms with van der Waals surface area (Å²) >= 11 is 6.16. The van der Waals surface area contributed by atoms with Gasteiger partial charge in [-0.05, 0) is 41.7 Å². The minimum atomic E-state index is -0.602. The molecule has 3 aromatic carbocycles. The molecule has 0 unspecified atom stereocenters. The molecular formula is C29H31ClN2O2. The number of halogens is 1. The van der Waals surface area contributed by atoms with E-state index in [0.717, 1.165) is 42.4 Å².